The number of ether oxygens (including phenoxy) is 1. The second-order valence-electron chi connectivity index (χ2n) is 7.69. The van der Waals surface area contributed by atoms with E-state index in [1.807, 2.05) is 95.6 Å². The number of benzene rings is 3. The molecule has 0 atom stereocenters. The maximum atomic E-state index is 10.6. The van der Waals surface area contributed by atoms with Gasteiger partial charge in [0.05, 0.1) is 22.6 Å². The lowest BCUT2D eigenvalue weighted by Crippen LogP contribution is -1.97. The molecule has 6 rings (SSSR count). The molecule has 5 nitrogen and oxygen atoms in total. The molecule has 0 fully saturated rings. The van der Waals surface area contributed by atoms with Crippen LogP contribution in [0.2, 0.25) is 0 Å². The van der Waals surface area contributed by atoms with Crippen molar-refractivity contribution < 1.29 is 9.84 Å². The standard InChI is InChI=1S/C28H19N3O2/c32-26-15-7-6-14-25(26)31-24-13-5-4-11-20(24)21-17-18-23(30-28(21)31)22-12-8-16-27(29-22)33-19-9-2-1-3-10-19/h1-18,32H. The molecule has 0 bridgehead atoms. The fourth-order valence-electron chi connectivity index (χ4n) is 4.10. The maximum Gasteiger partial charge on any atom is 0.219 e. The molecule has 3 aromatic heterocycles. The maximum absolute atomic E-state index is 10.6. The summed E-state index contributed by atoms with van der Waals surface area (Å²) in [6.45, 7) is 0. The average Bonchev–Trinajstić information content (AvgIpc) is 3.19. The average molecular weight is 429 g/mol. The topological polar surface area (TPSA) is 60.2 Å². The Morgan fingerprint density at radius 1 is 0.606 bits per heavy atom. The second-order valence-corrected chi connectivity index (χ2v) is 7.69. The van der Waals surface area contributed by atoms with Crippen molar-refractivity contribution in [1.29, 1.82) is 0 Å². The van der Waals surface area contributed by atoms with Crippen LogP contribution in [0.4, 0.5) is 0 Å². The largest absolute Gasteiger partial charge is 0.506 e. The van der Waals surface area contributed by atoms with Crippen LogP contribution in [0.1, 0.15) is 0 Å². The number of aromatic nitrogens is 3. The van der Waals surface area contributed by atoms with E-state index in [-0.39, 0.29) is 5.75 Å². The second kappa shape index (κ2) is 7.80. The van der Waals surface area contributed by atoms with Gasteiger partial charge < -0.3 is 9.84 Å². The summed E-state index contributed by atoms with van der Waals surface area (Å²) in [4.78, 5) is 9.66. The fraction of sp³-hybridized carbons (Fsp3) is 0. The number of aromatic hydroxyl groups is 1. The number of para-hydroxylation sites is 4. The number of rotatable bonds is 4. The molecule has 0 amide bonds. The van der Waals surface area contributed by atoms with Crippen LogP contribution >= 0.6 is 0 Å². The SMILES string of the molecule is Oc1ccccc1-n1c2ccccc2c2ccc(-c3cccc(Oc4ccccc4)n3)nc21. The molecule has 3 aromatic carbocycles. The van der Waals surface area contributed by atoms with E-state index in [1.165, 1.54) is 0 Å². The van der Waals surface area contributed by atoms with E-state index in [1.54, 1.807) is 6.07 Å². The fourth-order valence-corrected chi connectivity index (χ4v) is 4.10. The summed E-state index contributed by atoms with van der Waals surface area (Å²) in [6.07, 6.45) is 0. The molecule has 0 aliphatic rings. The highest BCUT2D eigenvalue weighted by Gasteiger charge is 2.16. The first kappa shape index (κ1) is 19.1. The van der Waals surface area contributed by atoms with Crippen LogP contribution in [0.3, 0.4) is 0 Å². The zero-order chi connectivity index (χ0) is 22.2. The van der Waals surface area contributed by atoms with Crippen molar-refractivity contribution in [2.45, 2.75) is 0 Å². The molecular formula is C28H19N3O2. The van der Waals surface area contributed by atoms with Gasteiger partial charge in [-0.2, -0.15) is 0 Å². The summed E-state index contributed by atoms with van der Waals surface area (Å²) in [7, 11) is 0. The monoisotopic (exact) mass is 429 g/mol. The van der Waals surface area contributed by atoms with Gasteiger partial charge in [-0.05, 0) is 48.5 Å². The van der Waals surface area contributed by atoms with Gasteiger partial charge in [0.2, 0.25) is 5.88 Å². The van der Waals surface area contributed by atoms with Crippen LogP contribution in [0.25, 0.3) is 39.0 Å². The third-order valence-electron chi connectivity index (χ3n) is 5.60. The molecule has 6 aromatic rings. The normalized spacial score (nSPS) is 11.2. The van der Waals surface area contributed by atoms with Crippen LogP contribution in [-0.2, 0) is 0 Å². The molecule has 0 aliphatic heterocycles. The van der Waals surface area contributed by atoms with Crippen LogP contribution in [0, 0.1) is 0 Å². The first-order valence-corrected chi connectivity index (χ1v) is 10.7. The van der Waals surface area contributed by atoms with Crippen LogP contribution in [0.5, 0.6) is 17.4 Å². The van der Waals surface area contributed by atoms with E-state index in [0.717, 1.165) is 33.4 Å². The minimum absolute atomic E-state index is 0.198. The summed E-state index contributed by atoms with van der Waals surface area (Å²) in [5.74, 6) is 1.43. The molecule has 0 spiro atoms. The Labute approximate surface area is 190 Å². The Morgan fingerprint density at radius 2 is 1.36 bits per heavy atom. The lowest BCUT2D eigenvalue weighted by Gasteiger charge is -2.10. The minimum Gasteiger partial charge on any atom is -0.506 e. The summed E-state index contributed by atoms with van der Waals surface area (Å²) in [5, 5.41) is 12.7. The molecule has 1 N–H and O–H groups in total. The van der Waals surface area contributed by atoms with Crippen molar-refractivity contribution in [3.05, 3.63) is 109 Å². The zero-order valence-electron chi connectivity index (χ0n) is 17.6. The minimum atomic E-state index is 0.198. The molecule has 0 saturated carbocycles. The summed E-state index contributed by atoms with van der Waals surface area (Å²) in [6, 6.07) is 34.7. The van der Waals surface area contributed by atoms with E-state index in [9.17, 15) is 5.11 Å². The van der Waals surface area contributed by atoms with Gasteiger partial charge in [0, 0.05) is 16.8 Å². The first-order chi connectivity index (χ1) is 16.3. The Bertz CT molecular complexity index is 1610. The summed E-state index contributed by atoms with van der Waals surface area (Å²) in [5.41, 5.74) is 3.85. The quantitative estimate of drug-likeness (QED) is 0.337. The molecule has 33 heavy (non-hydrogen) atoms. The van der Waals surface area contributed by atoms with E-state index in [4.69, 9.17) is 9.72 Å². The number of fused-ring (bicyclic) bond motifs is 3. The van der Waals surface area contributed by atoms with E-state index in [2.05, 4.69) is 17.1 Å². The van der Waals surface area contributed by atoms with Crippen molar-refractivity contribution in [3.63, 3.8) is 0 Å². The van der Waals surface area contributed by atoms with Gasteiger partial charge in [0.25, 0.3) is 0 Å². The predicted octanol–water partition coefficient (Wildman–Crippen LogP) is 6.74. The van der Waals surface area contributed by atoms with Crippen molar-refractivity contribution in [2.24, 2.45) is 0 Å². The van der Waals surface area contributed by atoms with Gasteiger partial charge >= 0.3 is 0 Å². The molecule has 3 heterocycles. The Balaban J connectivity index is 1.52. The van der Waals surface area contributed by atoms with E-state index >= 15 is 0 Å². The van der Waals surface area contributed by atoms with Gasteiger partial charge in [0.1, 0.15) is 17.1 Å². The molecule has 158 valence electrons. The lowest BCUT2D eigenvalue weighted by molar-refractivity contribution is 0.463. The lowest BCUT2D eigenvalue weighted by atomic mass is 10.1. The molecular weight excluding hydrogens is 410 g/mol. The Hall–Kier alpha value is -4.64. The van der Waals surface area contributed by atoms with E-state index < -0.39 is 0 Å². The number of nitrogens with zero attached hydrogens (tertiary/aromatic N) is 3. The van der Waals surface area contributed by atoms with Gasteiger partial charge in [-0.25, -0.2) is 9.97 Å². The summed E-state index contributed by atoms with van der Waals surface area (Å²) < 4.78 is 7.90. The Kier molecular flexibility index (Phi) is 4.51. The zero-order valence-corrected chi connectivity index (χ0v) is 17.6. The van der Waals surface area contributed by atoms with Gasteiger partial charge in [-0.1, -0.05) is 54.6 Å². The van der Waals surface area contributed by atoms with Crippen molar-refractivity contribution >= 4 is 21.9 Å². The number of phenolic OH excluding ortho intramolecular Hbond substituents is 1. The number of hydrogen-bond acceptors (Lipinski definition) is 4. The highest BCUT2D eigenvalue weighted by atomic mass is 16.5. The highest BCUT2D eigenvalue weighted by molar-refractivity contribution is 6.08. The number of pyridine rings is 2. The smallest absolute Gasteiger partial charge is 0.219 e. The summed E-state index contributed by atoms with van der Waals surface area (Å²) >= 11 is 0. The molecule has 0 unspecified atom stereocenters. The van der Waals surface area contributed by atoms with Crippen LogP contribution in [-0.4, -0.2) is 19.6 Å². The van der Waals surface area contributed by atoms with Crippen molar-refractivity contribution in [1.82, 2.24) is 14.5 Å². The Morgan fingerprint density at radius 3 is 2.24 bits per heavy atom. The van der Waals surface area contributed by atoms with Gasteiger partial charge in [-0.3, -0.25) is 4.57 Å². The highest BCUT2D eigenvalue weighted by Crippen LogP contribution is 2.35. The van der Waals surface area contributed by atoms with Crippen molar-refractivity contribution in [2.75, 3.05) is 0 Å². The molecule has 5 heteroatoms. The third kappa shape index (κ3) is 3.36. The number of hydrogen-bond donors (Lipinski definition) is 1. The van der Waals surface area contributed by atoms with E-state index in [0.29, 0.717) is 17.3 Å². The third-order valence-corrected chi connectivity index (χ3v) is 5.60. The van der Waals surface area contributed by atoms with Crippen molar-refractivity contribution in [3.8, 4) is 34.5 Å². The van der Waals surface area contributed by atoms with Crippen LogP contribution < -0.4 is 4.74 Å². The van der Waals surface area contributed by atoms with Crippen LogP contribution in [0.15, 0.2) is 109 Å². The molecule has 0 aliphatic carbocycles. The first-order valence-electron chi connectivity index (χ1n) is 10.7. The number of phenols is 1. The predicted molar refractivity (Wildman–Crippen MR) is 130 cm³/mol. The molecule has 0 radical (unpaired) electrons. The van der Waals surface area contributed by atoms with Gasteiger partial charge in [0.15, 0.2) is 0 Å². The van der Waals surface area contributed by atoms with Gasteiger partial charge in [-0.15, -0.1) is 0 Å². The molecule has 0 saturated heterocycles.